The van der Waals surface area contributed by atoms with E-state index < -0.39 is 37.0 Å². The first-order chi connectivity index (χ1) is 13.5. The molecule has 0 fully saturated rings. The fourth-order valence-corrected chi connectivity index (χ4v) is 5.21. The van der Waals surface area contributed by atoms with Gasteiger partial charge in [0, 0.05) is 15.6 Å². The quantitative estimate of drug-likeness (QED) is 0.239. The monoisotopic (exact) mass is 492 g/mol. The Morgan fingerprint density at radius 3 is 1.66 bits per heavy atom. The normalized spacial score (nSPS) is 12.2. The predicted molar refractivity (Wildman–Crippen MR) is 114 cm³/mol. The van der Waals surface area contributed by atoms with E-state index in [1.54, 1.807) is 0 Å². The Balaban J connectivity index is 2.62. The van der Waals surface area contributed by atoms with Crippen molar-refractivity contribution in [3.63, 3.8) is 0 Å². The molecule has 0 aliphatic heterocycles. The van der Waals surface area contributed by atoms with Crippen molar-refractivity contribution in [1.82, 2.24) is 0 Å². The second kappa shape index (κ2) is 7.87. The molecule has 0 amide bonds. The minimum absolute atomic E-state index is 0.0251. The van der Waals surface area contributed by atoms with Crippen molar-refractivity contribution in [2.45, 2.75) is 4.75 Å². The summed E-state index contributed by atoms with van der Waals surface area (Å²) in [5.41, 5.74) is -0.484. The summed E-state index contributed by atoms with van der Waals surface area (Å²) < 4.78 is 33.9. The highest BCUT2D eigenvalue weighted by Crippen LogP contribution is 2.52. The summed E-state index contributed by atoms with van der Waals surface area (Å²) >= 11 is 24.0. The summed E-state index contributed by atoms with van der Waals surface area (Å²) in [6.07, 6.45) is 0. The van der Waals surface area contributed by atoms with Crippen molar-refractivity contribution >= 4 is 56.5 Å². The molecular formula is C19H12Cl4O5S. The maximum Gasteiger partial charge on any atom is 0.283 e. The maximum atomic E-state index is 12.9. The highest BCUT2D eigenvalue weighted by molar-refractivity contribution is 7.87. The van der Waals surface area contributed by atoms with Crippen LogP contribution in [0.1, 0.15) is 16.7 Å². The molecule has 3 rings (SSSR count). The van der Waals surface area contributed by atoms with Crippen LogP contribution in [-0.4, -0.2) is 23.2 Å². The van der Waals surface area contributed by atoms with E-state index in [0.29, 0.717) is 0 Å². The molecule has 0 bridgehead atoms. The van der Waals surface area contributed by atoms with Gasteiger partial charge in [0.15, 0.2) is 4.75 Å². The fraction of sp³-hybridized carbons (Fsp3) is 0.0526. The zero-order valence-electron chi connectivity index (χ0n) is 14.3. The number of rotatable bonds is 4. The summed E-state index contributed by atoms with van der Waals surface area (Å²) in [4.78, 5) is 0. The molecule has 3 N–H and O–H groups in total. The highest BCUT2D eigenvalue weighted by atomic mass is 35.5. The van der Waals surface area contributed by atoms with E-state index in [-0.39, 0.29) is 26.2 Å². The molecule has 0 saturated carbocycles. The molecule has 152 valence electrons. The number of phenolic OH excluding ortho intramolecular Hbond substituents is 2. The van der Waals surface area contributed by atoms with Crippen molar-refractivity contribution in [2.24, 2.45) is 0 Å². The van der Waals surface area contributed by atoms with E-state index in [0.717, 1.165) is 6.07 Å². The van der Waals surface area contributed by atoms with Crippen LogP contribution < -0.4 is 0 Å². The topological polar surface area (TPSA) is 94.8 Å². The Labute approximate surface area is 186 Å². The smallest absolute Gasteiger partial charge is 0.283 e. The zero-order chi connectivity index (χ0) is 21.6. The van der Waals surface area contributed by atoms with E-state index in [9.17, 15) is 23.2 Å². The number of benzene rings is 3. The summed E-state index contributed by atoms with van der Waals surface area (Å²) in [5, 5.41) is 20.3. The van der Waals surface area contributed by atoms with E-state index in [1.807, 2.05) is 0 Å². The Bertz CT molecular complexity index is 1170. The zero-order valence-corrected chi connectivity index (χ0v) is 18.1. The van der Waals surface area contributed by atoms with Crippen LogP contribution in [0.4, 0.5) is 0 Å². The molecule has 3 aromatic carbocycles. The van der Waals surface area contributed by atoms with Crippen LogP contribution in [0.15, 0.2) is 54.6 Å². The van der Waals surface area contributed by atoms with Gasteiger partial charge in [-0.15, -0.1) is 0 Å². The van der Waals surface area contributed by atoms with Crippen LogP contribution in [-0.2, 0) is 14.9 Å². The number of phenols is 2. The van der Waals surface area contributed by atoms with Gasteiger partial charge in [-0.25, -0.2) is 0 Å². The third-order valence-electron chi connectivity index (χ3n) is 4.39. The average molecular weight is 494 g/mol. The Morgan fingerprint density at radius 2 is 1.24 bits per heavy atom. The number of hydrogen-bond acceptors (Lipinski definition) is 4. The van der Waals surface area contributed by atoms with E-state index in [1.165, 1.54) is 48.5 Å². The van der Waals surface area contributed by atoms with Gasteiger partial charge in [-0.05, 0) is 41.5 Å². The summed E-state index contributed by atoms with van der Waals surface area (Å²) in [7, 11) is -5.08. The van der Waals surface area contributed by atoms with E-state index >= 15 is 0 Å². The third kappa shape index (κ3) is 3.65. The molecule has 3 aromatic rings. The summed E-state index contributed by atoms with van der Waals surface area (Å²) in [5.74, 6) is -1.34. The second-order valence-corrected chi connectivity index (χ2v) is 9.29. The largest absolute Gasteiger partial charge is 0.506 e. The minimum Gasteiger partial charge on any atom is -0.506 e. The molecule has 5 nitrogen and oxygen atoms in total. The van der Waals surface area contributed by atoms with Gasteiger partial charge in [-0.1, -0.05) is 70.7 Å². The first-order valence-electron chi connectivity index (χ1n) is 7.89. The van der Waals surface area contributed by atoms with E-state index in [2.05, 4.69) is 0 Å². The molecule has 10 heteroatoms. The molecule has 0 saturated heterocycles. The van der Waals surface area contributed by atoms with E-state index in [4.69, 9.17) is 46.4 Å². The molecule has 0 aliphatic carbocycles. The van der Waals surface area contributed by atoms with Gasteiger partial charge in [0.25, 0.3) is 10.1 Å². The van der Waals surface area contributed by atoms with Gasteiger partial charge in [0.2, 0.25) is 0 Å². The lowest BCUT2D eigenvalue weighted by Crippen LogP contribution is -2.38. The number of aromatic hydroxyl groups is 2. The fourth-order valence-electron chi connectivity index (χ4n) is 3.20. The lowest BCUT2D eigenvalue weighted by molar-refractivity contribution is 0.435. The Kier molecular flexibility index (Phi) is 5.98. The minimum atomic E-state index is -5.08. The van der Waals surface area contributed by atoms with Crippen LogP contribution >= 0.6 is 46.4 Å². The number of halogens is 4. The lowest BCUT2D eigenvalue weighted by Gasteiger charge is -2.33. The average Bonchev–Trinajstić information content (AvgIpc) is 2.64. The molecule has 0 radical (unpaired) electrons. The van der Waals surface area contributed by atoms with Crippen molar-refractivity contribution in [1.29, 1.82) is 0 Å². The molecule has 0 unspecified atom stereocenters. The molecule has 29 heavy (non-hydrogen) atoms. The Morgan fingerprint density at radius 1 is 0.759 bits per heavy atom. The third-order valence-corrected chi connectivity index (χ3v) is 7.17. The van der Waals surface area contributed by atoms with Crippen molar-refractivity contribution in [3.05, 3.63) is 91.4 Å². The van der Waals surface area contributed by atoms with Crippen molar-refractivity contribution in [3.8, 4) is 11.5 Å². The molecule has 0 aromatic heterocycles. The first kappa shape index (κ1) is 22.0. The maximum absolute atomic E-state index is 12.9. The molecular weight excluding hydrogens is 482 g/mol. The van der Waals surface area contributed by atoms with Gasteiger partial charge < -0.3 is 10.2 Å². The van der Waals surface area contributed by atoms with Crippen LogP contribution in [0.2, 0.25) is 20.1 Å². The van der Waals surface area contributed by atoms with Crippen LogP contribution in [0, 0.1) is 0 Å². The van der Waals surface area contributed by atoms with Crippen molar-refractivity contribution in [2.75, 3.05) is 0 Å². The summed E-state index contributed by atoms with van der Waals surface area (Å²) in [6, 6.07) is 12.2. The first-order valence-corrected chi connectivity index (χ1v) is 10.8. The lowest BCUT2D eigenvalue weighted by atomic mass is 9.83. The van der Waals surface area contributed by atoms with Crippen molar-refractivity contribution < 1.29 is 23.2 Å². The van der Waals surface area contributed by atoms with Gasteiger partial charge in [-0.2, -0.15) is 8.42 Å². The molecule has 0 heterocycles. The van der Waals surface area contributed by atoms with Gasteiger partial charge in [0.1, 0.15) is 21.5 Å². The van der Waals surface area contributed by atoms with Gasteiger partial charge >= 0.3 is 0 Å². The van der Waals surface area contributed by atoms with Gasteiger partial charge in [-0.3, -0.25) is 4.55 Å². The van der Waals surface area contributed by atoms with Gasteiger partial charge in [0.05, 0.1) is 0 Å². The highest BCUT2D eigenvalue weighted by Gasteiger charge is 2.51. The Hall–Kier alpha value is -1.67. The molecule has 0 spiro atoms. The number of hydrogen-bond donors (Lipinski definition) is 3. The molecule has 0 aliphatic rings. The standard InChI is InChI=1S/C19H12Cl4O5S/c20-12-5-1-3-10(7-12)19(29(26,27)28,11-4-2-6-13(21)8-11)14-9-15(24)16(22)17(23)18(14)25/h1-9,24-25H,(H,26,27,28). The predicted octanol–water partition coefficient (Wildman–Crippen LogP) is 5.89. The van der Waals surface area contributed by atoms with Crippen LogP contribution in [0.25, 0.3) is 0 Å². The van der Waals surface area contributed by atoms with Crippen LogP contribution in [0.3, 0.4) is 0 Å². The molecule has 0 atom stereocenters. The SMILES string of the molecule is O=S(=O)(O)C(c1cccc(Cl)c1)(c1cccc(Cl)c1)c1cc(O)c(Cl)c(Cl)c1O. The van der Waals surface area contributed by atoms with Crippen LogP contribution in [0.5, 0.6) is 11.5 Å². The second-order valence-electron chi connectivity index (χ2n) is 6.10. The summed E-state index contributed by atoms with van der Waals surface area (Å²) in [6.45, 7) is 0.